The van der Waals surface area contributed by atoms with Gasteiger partial charge >= 0.3 is 0 Å². The Morgan fingerprint density at radius 1 is 1.43 bits per heavy atom. The molecular weight excluding hydrogens is 286 g/mol. The van der Waals surface area contributed by atoms with Gasteiger partial charge in [0.05, 0.1) is 12.1 Å². The van der Waals surface area contributed by atoms with Gasteiger partial charge in [0.1, 0.15) is 0 Å². The molecule has 5 nitrogen and oxygen atoms in total. The molecular formula is C15H21N3O2S. The highest BCUT2D eigenvalue weighted by atomic mass is 32.1. The zero-order valence-electron chi connectivity index (χ0n) is 12.3. The number of rotatable bonds is 4. The van der Waals surface area contributed by atoms with Gasteiger partial charge in [0, 0.05) is 24.4 Å². The van der Waals surface area contributed by atoms with E-state index in [0.29, 0.717) is 17.5 Å². The average Bonchev–Trinajstić information content (AvgIpc) is 3.22. The highest BCUT2D eigenvalue weighted by Gasteiger charge is 2.30. The third-order valence-corrected chi connectivity index (χ3v) is 4.88. The normalized spacial score (nSPS) is 22.1. The van der Waals surface area contributed by atoms with Crippen molar-refractivity contribution in [3.8, 4) is 0 Å². The molecule has 0 radical (unpaired) electrons. The number of nitrogens with one attached hydrogen (secondary N) is 1. The molecule has 1 aliphatic heterocycles. The molecule has 6 heteroatoms. The van der Waals surface area contributed by atoms with Crippen LogP contribution >= 0.6 is 11.3 Å². The molecule has 21 heavy (non-hydrogen) atoms. The second kappa shape index (κ2) is 6.13. The van der Waals surface area contributed by atoms with E-state index in [1.54, 1.807) is 0 Å². The zero-order valence-corrected chi connectivity index (χ0v) is 13.1. The van der Waals surface area contributed by atoms with Crippen LogP contribution in [0.3, 0.4) is 0 Å². The smallest absolute Gasteiger partial charge is 0.229 e. The fourth-order valence-electron chi connectivity index (χ4n) is 2.68. The van der Waals surface area contributed by atoms with Crippen molar-refractivity contribution in [3.63, 3.8) is 0 Å². The number of hydrogen-bond acceptors (Lipinski definition) is 4. The Bertz CT molecular complexity index is 539. The number of carbonyl (C=O) groups is 2. The topological polar surface area (TPSA) is 62.3 Å². The Labute approximate surface area is 128 Å². The molecule has 1 aliphatic carbocycles. The standard InChI is InChI=1S/C15H21N3O2S/c1-10-3-2-6-18(8-10)13(19)7-12-9-21-15(16-12)17-14(20)11-4-5-11/h9-11H,2-8H2,1H3,(H,16,17,20)/t10-/m1/s1. The van der Waals surface area contributed by atoms with E-state index in [1.165, 1.54) is 17.8 Å². The second-order valence-corrected chi connectivity index (χ2v) is 7.03. The summed E-state index contributed by atoms with van der Waals surface area (Å²) in [5.74, 6) is 0.972. The number of amides is 2. The van der Waals surface area contributed by atoms with Crippen LogP contribution in [0.25, 0.3) is 0 Å². The fraction of sp³-hybridized carbons (Fsp3) is 0.667. The van der Waals surface area contributed by atoms with Gasteiger partial charge < -0.3 is 10.2 Å². The lowest BCUT2D eigenvalue weighted by Gasteiger charge is -2.30. The van der Waals surface area contributed by atoms with Crippen LogP contribution in [0.4, 0.5) is 5.13 Å². The Balaban J connectivity index is 1.53. The predicted octanol–water partition coefficient (Wildman–Crippen LogP) is 2.29. The number of likely N-dealkylation sites (tertiary alicyclic amines) is 1. The third kappa shape index (κ3) is 3.81. The highest BCUT2D eigenvalue weighted by Crippen LogP contribution is 2.30. The van der Waals surface area contributed by atoms with E-state index >= 15 is 0 Å². The molecule has 0 unspecified atom stereocenters. The van der Waals surface area contributed by atoms with Crippen LogP contribution < -0.4 is 5.32 Å². The Kier molecular flexibility index (Phi) is 4.24. The number of piperidine rings is 1. The van der Waals surface area contributed by atoms with E-state index in [1.807, 2.05) is 10.3 Å². The zero-order chi connectivity index (χ0) is 14.8. The molecule has 2 aliphatic rings. The van der Waals surface area contributed by atoms with Crippen LogP contribution in [0.1, 0.15) is 38.3 Å². The maximum absolute atomic E-state index is 12.3. The maximum atomic E-state index is 12.3. The minimum atomic E-state index is 0.0621. The summed E-state index contributed by atoms with van der Waals surface area (Å²) in [5, 5.41) is 5.31. The summed E-state index contributed by atoms with van der Waals surface area (Å²) in [6, 6.07) is 0. The monoisotopic (exact) mass is 307 g/mol. The summed E-state index contributed by atoms with van der Waals surface area (Å²) in [6.45, 7) is 3.90. The number of anilines is 1. The molecule has 1 N–H and O–H groups in total. The van der Waals surface area contributed by atoms with Crippen LogP contribution in [0.5, 0.6) is 0 Å². The van der Waals surface area contributed by atoms with Gasteiger partial charge in [-0.25, -0.2) is 4.98 Å². The number of nitrogens with zero attached hydrogens (tertiary/aromatic N) is 2. The Hall–Kier alpha value is -1.43. The Morgan fingerprint density at radius 2 is 2.24 bits per heavy atom. The first-order valence-electron chi connectivity index (χ1n) is 7.65. The molecule has 2 fully saturated rings. The molecule has 3 rings (SSSR count). The van der Waals surface area contributed by atoms with Crippen molar-refractivity contribution >= 4 is 28.3 Å². The minimum absolute atomic E-state index is 0.0621. The van der Waals surface area contributed by atoms with Gasteiger partial charge in [-0.15, -0.1) is 11.3 Å². The van der Waals surface area contributed by atoms with Gasteiger partial charge in [0.15, 0.2) is 5.13 Å². The fourth-order valence-corrected chi connectivity index (χ4v) is 3.39. The van der Waals surface area contributed by atoms with Crippen molar-refractivity contribution in [1.29, 1.82) is 0 Å². The van der Waals surface area contributed by atoms with E-state index in [2.05, 4.69) is 17.2 Å². The van der Waals surface area contributed by atoms with Gasteiger partial charge in [0.2, 0.25) is 11.8 Å². The molecule has 0 bridgehead atoms. The first kappa shape index (κ1) is 14.5. The quantitative estimate of drug-likeness (QED) is 0.928. The first-order chi connectivity index (χ1) is 10.1. The molecule has 1 aromatic heterocycles. The van der Waals surface area contributed by atoms with Crippen LogP contribution in [-0.2, 0) is 16.0 Å². The summed E-state index contributed by atoms with van der Waals surface area (Å²) >= 11 is 1.40. The van der Waals surface area contributed by atoms with Gasteiger partial charge in [-0.2, -0.15) is 0 Å². The van der Waals surface area contributed by atoms with Crippen molar-refractivity contribution in [3.05, 3.63) is 11.1 Å². The van der Waals surface area contributed by atoms with Crippen LogP contribution in [-0.4, -0.2) is 34.8 Å². The lowest BCUT2D eigenvalue weighted by Crippen LogP contribution is -2.39. The maximum Gasteiger partial charge on any atom is 0.229 e. The van der Waals surface area contributed by atoms with Gasteiger partial charge in [0.25, 0.3) is 0 Å². The van der Waals surface area contributed by atoms with Gasteiger partial charge in [-0.05, 0) is 31.6 Å². The number of hydrogen-bond donors (Lipinski definition) is 1. The molecule has 2 heterocycles. The van der Waals surface area contributed by atoms with Crippen LogP contribution in [0.2, 0.25) is 0 Å². The van der Waals surface area contributed by atoms with Crippen LogP contribution in [0, 0.1) is 11.8 Å². The molecule has 0 spiro atoms. The lowest BCUT2D eigenvalue weighted by molar-refractivity contribution is -0.132. The van der Waals surface area contributed by atoms with Crippen molar-refractivity contribution in [2.45, 2.75) is 39.0 Å². The van der Waals surface area contributed by atoms with E-state index in [9.17, 15) is 9.59 Å². The van der Waals surface area contributed by atoms with E-state index in [-0.39, 0.29) is 17.7 Å². The highest BCUT2D eigenvalue weighted by molar-refractivity contribution is 7.13. The Morgan fingerprint density at radius 3 is 2.95 bits per heavy atom. The number of carbonyl (C=O) groups excluding carboxylic acids is 2. The summed E-state index contributed by atoms with van der Waals surface area (Å²) in [4.78, 5) is 30.2. The first-order valence-corrected chi connectivity index (χ1v) is 8.53. The third-order valence-electron chi connectivity index (χ3n) is 4.07. The number of aromatic nitrogens is 1. The van der Waals surface area contributed by atoms with E-state index in [4.69, 9.17) is 0 Å². The van der Waals surface area contributed by atoms with Crippen molar-refractivity contribution in [1.82, 2.24) is 9.88 Å². The van der Waals surface area contributed by atoms with E-state index in [0.717, 1.165) is 38.0 Å². The molecule has 0 aromatic carbocycles. The summed E-state index contributed by atoms with van der Waals surface area (Å²) in [7, 11) is 0. The largest absolute Gasteiger partial charge is 0.342 e. The van der Waals surface area contributed by atoms with Gasteiger partial charge in [-0.1, -0.05) is 6.92 Å². The van der Waals surface area contributed by atoms with Crippen molar-refractivity contribution in [2.24, 2.45) is 11.8 Å². The van der Waals surface area contributed by atoms with Crippen LogP contribution in [0.15, 0.2) is 5.38 Å². The van der Waals surface area contributed by atoms with Crippen molar-refractivity contribution < 1.29 is 9.59 Å². The predicted molar refractivity (Wildman–Crippen MR) is 82.1 cm³/mol. The molecule has 114 valence electrons. The second-order valence-electron chi connectivity index (χ2n) is 6.17. The minimum Gasteiger partial charge on any atom is -0.342 e. The molecule has 2 amide bonds. The molecule has 1 saturated carbocycles. The number of thiazole rings is 1. The lowest BCUT2D eigenvalue weighted by atomic mass is 10.00. The summed E-state index contributed by atoms with van der Waals surface area (Å²) in [5.41, 5.74) is 0.759. The van der Waals surface area contributed by atoms with E-state index < -0.39 is 0 Å². The SMILES string of the molecule is C[C@@H]1CCCN(C(=O)Cc2csc(NC(=O)C3CC3)n2)C1. The van der Waals surface area contributed by atoms with Crippen molar-refractivity contribution in [2.75, 3.05) is 18.4 Å². The molecule has 1 aromatic rings. The molecule has 1 saturated heterocycles. The summed E-state index contributed by atoms with van der Waals surface area (Å²) < 4.78 is 0. The van der Waals surface area contributed by atoms with Gasteiger partial charge in [-0.3, -0.25) is 9.59 Å². The average molecular weight is 307 g/mol. The molecule has 1 atom stereocenters. The summed E-state index contributed by atoms with van der Waals surface area (Å²) in [6.07, 6.45) is 4.60.